The number of ether oxygens (including phenoxy) is 1. The highest BCUT2D eigenvalue weighted by molar-refractivity contribution is 7.89. The van der Waals surface area contributed by atoms with E-state index < -0.39 is 39.6 Å². The maximum absolute atomic E-state index is 12.3. The number of hydrogen-bond acceptors (Lipinski definition) is 4. The Kier molecular flexibility index (Phi) is 8.03. The zero-order valence-corrected chi connectivity index (χ0v) is 12.6. The Morgan fingerprint density at radius 2 is 1.86 bits per heavy atom. The van der Waals surface area contributed by atoms with Gasteiger partial charge in [-0.2, -0.15) is 13.2 Å². The van der Waals surface area contributed by atoms with E-state index in [1.54, 1.807) is 0 Å². The predicted molar refractivity (Wildman–Crippen MR) is 68.3 cm³/mol. The van der Waals surface area contributed by atoms with E-state index in [1.165, 1.54) is 14.1 Å². The van der Waals surface area contributed by atoms with Crippen molar-refractivity contribution in [1.82, 2.24) is 4.72 Å². The largest absolute Gasteiger partial charge is 0.633 e. The molecule has 11 heteroatoms. The van der Waals surface area contributed by atoms with E-state index in [-0.39, 0.29) is 19.5 Å². The molecule has 0 aliphatic heterocycles. The standard InChI is InChI=1S/C10H20F4N2O4S/c1-16(2,17)6-3-5-15-21(18,19)8-4-7-20-9(11)10(12,13)14/h9,15H,3-8H2,1-2H3. The van der Waals surface area contributed by atoms with Gasteiger partial charge in [0.1, 0.15) is 0 Å². The minimum Gasteiger partial charge on any atom is -0.633 e. The van der Waals surface area contributed by atoms with Crippen molar-refractivity contribution in [3.05, 3.63) is 5.21 Å². The molecule has 1 atom stereocenters. The average molecular weight is 340 g/mol. The van der Waals surface area contributed by atoms with Crippen LogP contribution in [0.1, 0.15) is 12.8 Å². The van der Waals surface area contributed by atoms with Crippen LogP contribution in [0, 0.1) is 5.21 Å². The van der Waals surface area contributed by atoms with Gasteiger partial charge in [0, 0.05) is 13.0 Å². The lowest BCUT2D eigenvalue weighted by atomic mass is 10.4. The lowest BCUT2D eigenvalue weighted by Gasteiger charge is -2.33. The van der Waals surface area contributed by atoms with Crippen LogP contribution in [0.4, 0.5) is 17.6 Å². The summed E-state index contributed by atoms with van der Waals surface area (Å²) in [5.41, 5.74) is 0. The van der Waals surface area contributed by atoms with Gasteiger partial charge in [-0.1, -0.05) is 0 Å². The smallest absolute Gasteiger partial charge is 0.445 e. The first-order chi connectivity index (χ1) is 9.33. The molecule has 0 aromatic heterocycles. The number of sulfonamides is 1. The van der Waals surface area contributed by atoms with E-state index in [4.69, 9.17) is 0 Å². The molecule has 0 aromatic rings. The quantitative estimate of drug-likeness (QED) is 0.280. The summed E-state index contributed by atoms with van der Waals surface area (Å²) in [7, 11) is -0.842. The second kappa shape index (κ2) is 8.22. The lowest BCUT2D eigenvalue weighted by Crippen LogP contribution is -2.36. The lowest BCUT2D eigenvalue weighted by molar-refractivity contribution is -0.840. The SMILES string of the molecule is C[N+](C)([O-])CCCNS(=O)(=O)CCCOC(F)C(F)(F)F. The van der Waals surface area contributed by atoms with Crippen LogP contribution >= 0.6 is 0 Å². The summed E-state index contributed by atoms with van der Waals surface area (Å²) in [6, 6.07) is 0. The van der Waals surface area contributed by atoms with Crippen molar-refractivity contribution in [2.45, 2.75) is 25.4 Å². The van der Waals surface area contributed by atoms with Gasteiger partial charge in [-0.3, -0.25) is 0 Å². The summed E-state index contributed by atoms with van der Waals surface area (Å²) in [5, 5.41) is 11.2. The van der Waals surface area contributed by atoms with Crippen LogP contribution in [0.25, 0.3) is 0 Å². The normalized spacial score (nSPS) is 15.2. The zero-order valence-electron chi connectivity index (χ0n) is 11.8. The van der Waals surface area contributed by atoms with Crippen LogP contribution in [0.15, 0.2) is 0 Å². The number of quaternary nitrogens is 1. The van der Waals surface area contributed by atoms with Gasteiger partial charge in [0.25, 0.3) is 6.36 Å². The molecule has 0 rings (SSSR count). The third-order valence-electron chi connectivity index (χ3n) is 2.27. The third kappa shape index (κ3) is 11.8. The van der Waals surface area contributed by atoms with Crippen LogP contribution in [-0.4, -0.2) is 65.1 Å². The Bertz CT molecular complexity index is 395. The van der Waals surface area contributed by atoms with Crippen molar-refractivity contribution in [2.24, 2.45) is 0 Å². The maximum Gasteiger partial charge on any atom is 0.445 e. The number of nitrogens with zero attached hydrogens (tertiary/aromatic N) is 1. The molecular formula is C10H20F4N2O4S. The van der Waals surface area contributed by atoms with Gasteiger partial charge >= 0.3 is 6.18 Å². The average Bonchev–Trinajstić information content (AvgIpc) is 2.27. The molecule has 0 amide bonds. The first-order valence-electron chi connectivity index (χ1n) is 6.17. The summed E-state index contributed by atoms with van der Waals surface area (Å²) in [6.45, 7) is -0.381. The molecule has 0 radical (unpaired) electrons. The number of hydroxylamine groups is 3. The van der Waals surface area contributed by atoms with Gasteiger partial charge in [0.05, 0.1) is 33.0 Å². The van der Waals surface area contributed by atoms with E-state index >= 15 is 0 Å². The summed E-state index contributed by atoms with van der Waals surface area (Å²) >= 11 is 0. The fraction of sp³-hybridized carbons (Fsp3) is 1.00. The van der Waals surface area contributed by atoms with Gasteiger partial charge in [0.2, 0.25) is 10.0 Å². The second-order valence-electron chi connectivity index (χ2n) is 4.95. The number of nitrogens with one attached hydrogen (secondary N) is 1. The van der Waals surface area contributed by atoms with Crippen LogP contribution in [0.5, 0.6) is 0 Å². The van der Waals surface area contributed by atoms with Crippen molar-refractivity contribution in [2.75, 3.05) is 39.5 Å². The molecule has 21 heavy (non-hydrogen) atoms. The minimum absolute atomic E-state index is 0.0569. The highest BCUT2D eigenvalue weighted by Gasteiger charge is 2.41. The fourth-order valence-corrected chi connectivity index (χ4v) is 2.39. The first-order valence-corrected chi connectivity index (χ1v) is 7.82. The maximum atomic E-state index is 12.3. The van der Waals surface area contributed by atoms with Crippen LogP contribution in [0.2, 0.25) is 0 Å². The van der Waals surface area contributed by atoms with Gasteiger partial charge < -0.3 is 14.6 Å². The van der Waals surface area contributed by atoms with Crippen molar-refractivity contribution in [3.8, 4) is 0 Å². The molecule has 0 saturated heterocycles. The van der Waals surface area contributed by atoms with Gasteiger partial charge in [-0.25, -0.2) is 17.5 Å². The molecule has 0 saturated carbocycles. The molecule has 1 unspecified atom stereocenters. The monoisotopic (exact) mass is 340 g/mol. The summed E-state index contributed by atoms with van der Waals surface area (Å²) in [6.07, 6.45) is -8.47. The summed E-state index contributed by atoms with van der Waals surface area (Å²) < 4.78 is 76.0. The van der Waals surface area contributed by atoms with Crippen molar-refractivity contribution < 1.29 is 35.4 Å². The molecule has 0 aliphatic carbocycles. The highest BCUT2D eigenvalue weighted by Crippen LogP contribution is 2.23. The molecule has 6 nitrogen and oxygen atoms in total. The van der Waals surface area contributed by atoms with Crippen LogP contribution < -0.4 is 4.72 Å². The minimum atomic E-state index is -5.11. The van der Waals surface area contributed by atoms with E-state index in [0.717, 1.165) is 0 Å². The number of hydrogen-bond donors (Lipinski definition) is 1. The van der Waals surface area contributed by atoms with Gasteiger partial charge in [0.15, 0.2) is 0 Å². The predicted octanol–water partition coefficient (Wildman–Crippen LogP) is 1.13. The Hall–Kier alpha value is -0.490. The zero-order chi connectivity index (χ0) is 16.7. The van der Waals surface area contributed by atoms with E-state index in [0.29, 0.717) is 6.42 Å². The molecule has 0 aliphatic rings. The van der Waals surface area contributed by atoms with Crippen LogP contribution in [-0.2, 0) is 14.8 Å². The summed E-state index contributed by atoms with van der Waals surface area (Å²) in [5.74, 6) is -0.479. The molecule has 0 fully saturated rings. The van der Waals surface area contributed by atoms with E-state index in [2.05, 4.69) is 9.46 Å². The number of alkyl halides is 4. The molecule has 0 bridgehead atoms. The number of halogens is 4. The Morgan fingerprint density at radius 3 is 2.33 bits per heavy atom. The van der Waals surface area contributed by atoms with Crippen LogP contribution in [0.3, 0.4) is 0 Å². The van der Waals surface area contributed by atoms with Gasteiger partial charge in [-0.05, 0) is 6.42 Å². The molecular weight excluding hydrogens is 320 g/mol. The molecule has 0 heterocycles. The fourth-order valence-electron chi connectivity index (χ4n) is 1.29. The van der Waals surface area contributed by atoms with E-state index in [9.17, 15) is 31.2 Å². The molecule has 0 aromatic carbocycles. The molecule has 128 valence electrons. The summed E-state index contributed by atoms with van der Waals surface area (Å²) in [4.78, 5) is 0. The first kappa shape index (κ1) is 20.5. The Balaban J connectivity index is 3.84. The molecule has 1 N–H and O–H groups in total. The second-order valence-corrected chi connectivity index (χ2v) is 6.87. The van der Waals surface area contributed by atoms with Crippen molar-refractivity contribution >= 4 is 10.0 Å². The highest BCUT2D eigenvalue weighted by atomic mass is 32.2. The Morgan fingerprint density at radius 1 is 1.29 bits per heavy atom. The Labute approximate surface area is 121 Å². The van der Waals surface area contributed by atoms with Crippen molar-refractivity contribution in [3.63, 3.8) is 0 Å². The van der Waals surface area contributed by atoms with E-state index in [1.807, 2.05) is 0 Å². The topological polar surface area (TPSA) is 78.5 Å². The number of rotatable bonds is 10. The molecule has 0 spiro atoms. The van der Waals surface area contributed by atoms with Gasteiger partial charge in [-0.15, -0.1) is 0 Å². The third-order valence-corrected chi connectivity index (χ3v) is 3.74. The van der Waals surface area contributed by atoms with Crippen molar-refractivity contribution in [1.29, 1.82) is 0 Å².